The topological polar surface area (TPSA) is 154 Å². The molecule has 11 heteroatoms. The first-order valence-corrected chi connectivity index (χ1v) is 15.8. The number of rotatable bonds is 10. The van der Waals surface area contributed by atoms with E-state index in [1.54, 1.807) is 25.7 Å². The van der Waals surface area contributed by atoms with Gasteiger partial charge < -0.3 is 35.2 Å². The molecule has 1 saturated heterocycles. The number of hydrogen-bond donors (Lipinski definition) is 4. The molecule has 11 nitrogen and oxygen atoms in total. The molecule has 0 saturated carbocycles. The molecule has 0 spiro atoms. The number of ether oxygens (including phenoxy) is 2. The highest BCUT2D eigenvalue weighted by Gasteiger charge is 2.50. The van der Waals surface area contributed by atoms with E-state index in [0.717, 1.165) is 22.3 Å². The standard InChI is InChI=1S/C35H47N3O8/c1-33(2,3)28(36-31(41)42)20-35(37-32(43)44,19-27-25-13-9-7-11-23(25)24-12-8-10-14-26(24)27)30(40)38-17-15-22(16-18-38)45-21-29(39)46-34(4,5)6/h7-14,22,27-28,36-37H,15-21H2,1-6H3,(H,41,42)(H,43,44)/t28?,35-/m0/s1. The molecule has 4 N–H and O–H groups in total. The zero-order valence-electron chi connectivity index (χ0n) is 27.6. The Balaban J connectivity index is 1.67. The smallest absolute Gasteiger partial charge is 0.405 e. The van der Waals surface area contributed by atoms with Crippen LogP contribution in [-0.2, 0) is 19.1 Å². The number of amides is 3. The van der Waals surface area contributed by atoms with Crippen molar-refractivity contribution >= 4 is 24.1 Å². The number of carbonyl (C=O) groups excluding carboxylic acids is 2. The van der Waals surface area contributed by atoms with Gasteiger partial charge in [-0.25, -0.2) is 14.4 Å². The molecule has 3 amide bonds. The Kier molecular flexibility index (Phi) is 10.4. The summed E-state index contributed by atoms with van der Waals surface area (Å²) in [4.78, 5) is 53.1. The van der Waals surface area contributed by atoms with E-state index < -0.39 is 46.7 Å². The minimum atomic E-state index is -1.67. The van der Waals surface area contributed by atoms with Crippen LogP contribution in [0.4, 0.5) is 9.59 Å². The first-order valence-electron chi connectivity index (χ1n) is 15.8. The third-order valence-corrected chi connectivity index (χ3v) is 8.75. The molecule has 46 heavy (non-hydrogen) atoms. The summed E-state index contributed by atoms with van der Waals surface area (Å²) in [5.41, 5.74) is 1.08. The van der Waals surface area contributed by atoms with Crippen molar-refractivity contribution in [1.29, 1.82) is 0 Å². The van der Waals surface area contributed by atoms with Crippen molar-refractivity contribution in [3.63, 3.8) is 0 Å². The minimum Gasteiger partial charge on any atom is -0.465 e. The summed E-state index contributed by atoms with van der Waals surface area (Å²) in [6.45, 7) is 11.3. The SMILES string of the molecule is CC(C)(C)OC(=O)COC1CCN(C(=O)[C@](CC2c3ccccc3-c3ccccc32)(CC(NC(=O)O)C(C)(C)C)NC(=O)O)CC1. The molecule has 4 rings (SSSR count). The zero-order chi connectivity index (χ0) is 33.9. The fourth-order valence-corrected chi connectivity index (χ4v) is 6.60. The Bertz CT molecular complexity index is 1390. The molecule has 1 aliphatic carbocycles. The molecular weight excluding hydrogens is 590 g/mol. The van der Waals surface area contributed by atoms with Gasteiger partial charge in [-0.3, -0.25) is 4.79 Å². The van der Waals surface area contributed by atoms with Crippen molar-refractivity contribution in [1.82, 2.24) is 15.5 Å². The first-order chi connectivity index (χ1) is 21.5. The molecule has 2 aliphatic rings. The highest BCUT2D eigenvalue weighted by molar-refractivity contribution is 5.91. The molecular formula is C35H47N3O8. The zero-order valence-corrected chi connectivity index (χ0v) is 27.6. The average Bonchev–Trinajstić information content (AvgIpc) is 3.27. The van der Waals surface area contributed by atoms with Gasteiger partial charge >= 0.3 is 18.2 Å². The maximum absolute atomic E-state index is 14.8. The molecule has 250 valence electrons. The van der Waals surface area contributed by atoms with Crippen LogP contribution in [0.15, 0.2) is 48.5 Å². The summed E-state index contributed by atoms with van der Waals surface area (Å²) in [5, 5.41) is 25.2. The fraction of sp³-hybridized carbons (Fsp3) is 0.543. The third-order valence-electron chi connectivity index (χ3n) is 8.75. The minimum absolute atomic E-state index is 0.0924. The van der Waals surface area contributed by atoms with Crippen LogP contribution in [0.2, 0.25) is 0 Å². The summed E-state index contributed by atoms with van der Waals surface area (Å²) >= 11 is 0. The predicted molar refractivity (Wildman–Crippen MR) is 173 cm³/mol. The van der Waals surface area contributed by atoms with Crippen LogP contribution >= 0.6 is 0 Å². The number of esters is 1. The Morgan fingerprint density at radius 1 is 0.870 bits per heavy atom. The Morgan fingerprint density at radius 3 is 1.89 bits per heavy atom. The quantitative estimate of drug-likeness (QED) is 0.245. The van der Waals surface area contributed by atoms with E-state index in [9.17, 15) is 29.4 Å². The molecule has 0 bridgehead atoms. The lowest BCUT2D eigenvalue weighted by Crippen LogP contribution is -2.64. The highest BCUT2D eigenvalue weighted by atomic mass is 16.6. The van der Waals surface area contributed by atoms with Crippen LogP contribution in [0, 0.1) is 5.41 Å². The van der Waals surface area contributed by atoms with Gasteiger partial charge in [-0.05, 0) is 67.7 Å². The monoisotopic (exact) mass is 637 g/mol. The largest absolute Gasteiger partial charge is 0.465 e. The number of hydrogen-bond acceptors (Lipinski definition) is 6. The van der Waals surface area contributed by atoms with Crippen LogP contribution in [-0.4, -0.2) is 82.2 Å². The van der Waals surface area contributed by atoms with E-state index >= 15 is 0 Å². The molecule has 2 aromatic rings. The Hall–Kier alpha value is -4.12. The van der Waals surface area contributed by atoms with Crippen LogP contribution in [0.1, 0.15) is 84.3 Å². The summed E-state index contributed by atoms with van der Waals surface area (Å²) in [6.07, 6.45) is -2.00. The van der Waals surface area contributed by atoms with Crippen LogP contribution in [0.3, 0.4) is 0 Å². The van der Waals surface area contributed by atoms with Gasteiger partial charge in [0, 0.05) is 31.5 Å². The van der Waals surface area contributed by atoms with Gasteiger partial charge in [0.25, 0.3) is 0 Å². The highest BCUT2D eigenvalue weighted by Crippen LogP contribution is 2.49. The van der Waals surface area contributed by atoms with Crippen molar-refractivity contribution in [3.05, 3.63) is 59.7 Å². The van der Waals surface area contributed by atoms with E-state index in [0.29, 0.717) is 12.8 Å². The molecule has 2 atom stereocenters. The molecule has 0 radical (unpaired) electrons. The van der Waals surface area contributed by atoms with E-state index in [-0.39, 0.29) is 44.6 Å². The van der Waals surface area contributed by atoms with Gasteiger partial charge in [0.1, 0.15) is 17.7 Å². The predicted octanol–water partition coefficient (Wildman–Crippen LogP) is 5.62. The lowest BCUT2D eigenvalue weighted by Gasteiger charge is -2.44. The number of likely N-dealkylation sites (tertiary alicyclic amines) is 1. The van der Waals surface area contributed by atoms with Crippen LogP contribution < -0.4 is 10.6 Å². The lowest BCUT2D eigenvalue weighted by molar-refractivity contribution is -0.164. The number of piperidine rings is 1. The summed E-state index contributed by atoms with van der Waals surface area (Å²) in [6, 6.07) is 15.0. The molecule has 1 fully saturated rings. The molecule has 1 aliphatic heterocycles. The van der Waals surface area contributed by atoms with E-state index in [1.165, 1.54) is 0 Å². The van der Waals surface area contributed by atoms with E-state index in [1.807, 2.05) is 69.3 Å². The maximum Gasteiger partial charge on any atom is 0.405 e. The van der Waals surface area contributed by atoms with E-state index in [4.69, 9.17) is 9.47 Å². The van der Waals surface area contributed by atoms with E-state index in [2.05, 4.69) is 10.6 Å². The summed E-state index contributed by atoms with van der Waals surface area (Å²) in [5.74, 6) is -1.20. The van der Waals surface area contributed by atoms with Crippen molar-refractivity contribution in [2.75, 3.05) is 19.7 Å². The van der Waals surface area contributed by atoms with Gasteiger partial charge in [-0.1, -0.05) is 69.3 Å². The van der Waals surface area contributed by atoms with Crippen LogP contribution in [0.25, 0.3) is 11.1 Å². The molecule has 0 aromatic heterocycles. The third kappa shape index (κ3) is 8.37. The summed E-state index contributed by atoms with van der Waals surface area (Å²) in [7, 11) is 0. The van der Waals surface area contributed by atoms with Crippen LogP contribution in [0.5, 0.6) is 0 Å². The second kappa shape index (κ2) is 13.7. The second-order valence-electron chi connectivity index (χ2n) is 14.4. The molecule has 1 unspecified atom stereocenters. The number of fused-ring (bicyclic) bond motifs is 3. The second-order valence-corrected chi connectivity index (χ2v) is 14.4. The average molecular weight is 638 g/mol. The van der Waals surface area contributed by atoms with Crippen molar-refractivity contribution in [2.45, 2.75) is 96.4 Å². The first kappa shape index (κ1) is 34.7. The lowest BCUT2D eigenvalue weighted by atomic mass is 9.72. The van der Waals surface area contributed by atoms with Crippen molar-refractivity contribution in [2.24, 2.45) is 5.41 Å². The van der Waals surface area contributed by atoms with Crippen molar-refractivity contribution in [3.8, 4) is 11.1 Å². The van der Waals surface area contributed by atoms with Gasteiger partial charge in [0.15, 0.2) is 0 Å². The van der Waals surface area contributed by atoms with Crippen molar-refractivity contribution < 1.29 is 38.9 Å². The number of carbonyl (C=O) groups is 4. The Morgan fingerprint density at radius 2 is 1.41 bits per heavy atom. The maximum atomic E-state index is 14.8. The number of nitrogens with one attached hydrogen (secondary N) is 2. The Labute approximate surface area is 270 Å². The van der Waals surface area contributed by atoms with Gasteiger partial charge in [0.2, 0.25) is 5.91 Å². The normalized spacial score (nSPS) is 17.3. The summed E-state index contributed by atoms with van der Waals surface area (Å²) < 4.78 is 11.1. The number of benzene rings is 2. The number of carboxylic acid groups (broad SMARTS) is 2. The fourth-order valence-electron chi connectivity index (χ4n) is 6.60. The van der Waals surface area contributed by atoms with Gasteiger partial charge in [-0.15, -0.1) is 0 Å². The van der Waals surface area contributed by atoms with Gasteiger partial charge in [-0.2, -0.15) is 0 Å². The van der Waals surface area contributed by atoms with Gasteiger partial charge in [0.05, 0.1) is 6.10 Å². The molecule has 2 aromatic carbocycles. The molecule has 1 heterocycles. The number of nitrogens with zero attached hydrogens (tertiary/aromatic N) is 1.